The summed E-state index contributed by atoms with van der Waals surface area (Å²) in [7, 11) is 0. The van der Waals surface area contributed by atoms with E-state index in [0.717, 1.165) is 6.54 Å². The Morgan fingerprint density at radius 3 is 3.00 bits per heavy atom. The summed E-state index contributed by atoms with van der Waals surface area (Å²) >= 11 is 0. The smallest absolute Gasteiger partial charge is 0.137 e. The molecule has 0 N–H and O–H groups in total. The topological polar surface area (TPSA) is 36.3 Å². The number of piperidine rings is 1. The van der Waals surface area contributed by atoms with E-state index in [4.69, 9.17) is 10.00 Å². The van der Waals surface area contributed by atoms with Crippen molar-refractivity contribution in [2.45, 2.75) is 32.2 Å². The van der Waals surface area contributed by atoms with Crippen LogP contribution in [0, 0.1) is 11.3 Å². The molecule has 0 radical (unpaired) electrons. The maximum Gasteiger partial charge on any atom is 0.137 e. The number of ether oxygens (including phenoxy) is 1. The molecule has 18 heavy (non-hydrogen) atoms. The van der Waals surface area contributed by atoms with Gasteiger partial charge in [-0.15, -0.1) is 0 Å². The van der Waals surface area contributed by atoms with Gasteiger partial charge in [0, 0.05) is 12.6 Å². The molecule has 3 heteroatoms. The summed E-state index contributed by atoms with van der Waals surface area (Å²) in [6, 6.07) is 10.2. The van der Waals surface area contributed by atoms with Crippen LogP contribution in [-0.2, 0) is 0 Å². The van der Waals surface area contributed by atoms with E-state index in [-0.39, 0.29) is 0 Å². The molecule has 1 aromatic rings. The van der Waals surface area contributed by atoms with Crippen LogP contribution in [0.25, 0.3) is 0 Å². The lowest BCUT2D eigenvalue weighted by atomic mass is 10.0. The molecule has 1 saturated heterocycles. The predicted octanol–water partition coefficient (Wildman–Crippen LogP) is 2.81. The van der Waals surface area contributed by atoms with E-state index in [1.54, 1.807) is 6.07 Å². The first-order valence-corrected chi connectivity index (χ1v) is 6.67. The van der Waals surface area contributed by atoms with Gasteiger partial charge in [-0.3, -0.25) is 4.90 Å². The lowest BCUT2D eigenvalue weighted by Crippen LogP contribution is -2.39. The number of nitriles is 1. The molecule has 1 fully saturated rings. The van der Waals surface area contributed by atoms with E-state index in [0.29, 0.717) is 24.0 Å². The summed E-state index contributed by atoms with van der Waals surface area (Å²) in [5.41, 5.74) is 0.615. The Labute approximate surface area is 109 Å². The van der Waals surface area contributed by atoms with Crippen LogP contribution >= 0.6 is 0 Å². The van der Waals surface area contributed by atoms with E-state index in [1.807, 2.05) is 18.2 Å². The minimum Gasteiger partial charge on any atom is -0.491 e. The quantitative estimate of drug-likeness (QED) is 0.817. The fourth-order valence-electron chi connectivity index (χ4n) is 2.45. The minimum atomic E-state index is 0.615. The van der Waals surface area contributed by atoms with Crippen LogP contribution in [0.4, 0.5) is 0 Å². The van der Waals surface area contributed by atoms with E-state index < -0.39 is 0 Å². The molecule has 1 aliphatic heterocycles. The van der Waals surface area contributed by atoms with Crippen molar-refractivity contribution in [2.24, 2.45) is 0 Å². The highest BCUT2D eigenvalue weighted by Gasteiger charge is 2.17. The van der Waals surface area contributed by atoms with Crippen LogP contribution in [-0.4, -0.2) is 30.6 Å². The van der Waals surface area contributed by atoms with Crippen molar-refractivity contribution < 1.29 is 4.74 Å². The van der Waals surface area contributed by atoms with Crippen molar-refractivity contribution in [2.75, 3.05) is 19.7 Å². The summed E-state index contributed by atoms with van der Waals surface area (Å²) in [6.07, 6.45) is 3.92. The van der Waals surface area contributed by atoms with Gasteiger partial charge >= 0.3 is 0 Å². The molecule has 1 aromatic carbocycles. The standard InChI is InChI=1S/C15H20N2O/c1-13-6-4-5-9-17(13)10-11-18-15-8-3-2-7-14(15)12-16/h2-3,7-8,13H,4-6,9-11H2,1H3. The SMILES string of the molecule is CC1CCCCN1CCOc1ccccc1C#N. The first-order chi connectivity index (χ1) is 8.81. The van der Waals surface area contributed by atoms with Gasteiger partial charge in [0.15, 0.2) is 0 Å². The first kappa shape index (κ1) is 12.9. The highest BCUT2D eigenvalue weighted by atomic mass is 16.5. The van der Waals surface area contributed by atoms with Crippen molar-refractivity contribution >= 4 is 0 Å². The Balaban J connectivity index is 1.83. The Bertz CT molecular complexity index is 425. The van der Waals surface area contributed by atoms with Crippen LogP contribution in [0.15, 0.2) is 24.3 Å². The fraction of sp³-hybridized carbons (Fsp3) is 0.533. The second-order valence-corrected chi connectivity index (χ2v) is 4.84. The van der Waals surface area contributed by atoms with Crippen molar-refractivity contribution in [1.29, 1.82) is 5.26 Å². The van der Waals surface area contributed by atoms with Crippen molar-refractivity contribution in [3.8, 4) is 11.8 Å². The van der Waals surface area contributed by atoms with Crippen LogP contribution < -0.4 is 4.74 Å². The van der Waals surface area contributed by atoms with Gasteiger partial charge in [0.2, 0.25) is 0 Å². The molecule has 0 bridgehead atoms. The zero-order valence-electron chi connectivity index (χ0n) is 10.9. The minimum absolute atomic E-state index is 0.615. The number of nitrogens with zero attached hydrogens (tertiary/aromatic N) is 2. The van der Waals surface area contributed by atoms with Gasteiger partial charge < -0.3 is 4.74 Å². The molecule has 0 spiro atoms. The molecule has 1 unspecified atom stereocenters. The molecule has 2 rings (SSSR count). The molecule has 96 valence electrons. The third-order valence-electron chi connectivity index (χ3n) is 3.58. The molecule has 3 nitrogen and oxygen atoms in total. The van der Waals surface area contributed by atoms with Gasteiger partial charge in [-0.05, 0) is 38.4 Å². The van der Waals surface area contributed by atoms with Gasteiger partial charge in [0.1, 0.15) is 18.4 Å². The molecule has 1 atom stereocenters. The summed E-state index contributed by atoms with van der Waals surface area (Å²) in [6.45, 7) is 5.05. The zero-order chi connectivity index (χ0) is 12.8. The van der Waals surface area contributed by atoms with Gasteiger partial charge in [-0.25, -0.2) is 0 Å². The van der Waals surface area contributed by atoms with Crippen LogP contribution in [0.1, 0.15) is 31.7 Å². The van der Waals surface area contributed by atoms with E-state index in [9.17, 15) is 0 Å². The van der Waals surface area contributed by atoms with Gasteiger partial charge in [0.25, 0.3) is 0 Å². The Hall–Kier alpha value is -1.53. The zero-order valence-corrected chi connectivity index (χ0v) is 10.9. The summed E-state index contributed by atoms with van der Waals surface area (Å²) in [5, 5.41) is 8.97. The fourth-order valence-corrected chi connectivity index (χ4v) is 2.45. The molecule has 0 saturated carbocycles. The first-order valence-electron chi connectivity index (χ1n) is 6.67. The van der Waals surface area contributed by atoms with Gasteiger partial charge in [0.05, 0.1) is 5.56 Å². The summed E-state index contributed by atoms with van der Waals surface area (Å²) in [5.74, 6) is 0.699. The lowest BCUT2D eigenvalue weighted by molar-refractivity contribution is 0.133. The van der Waals surface area contributed by atoms with E-state index in [1.165, 1.54) is 25.8 Å². The second-order valence-electron chi connectivity index (χ2n) is 4.84. The monoisotopic (exact) mass is 244 g/mol. The third kappa shape index (κ3) is 3.24. The van der Waals surface area contributed by atoms with Crippen molar-refractivity contribution in [1.82, 2.24) is 4.90 Å². The number of hydrogen-bond donors (Lipinski definition) is 0. The maximum absolute atomic E-state index is 8.97. The number of rotatable bonds is 4. The van der Waals surface area contributed by atoms with Crippen molar-refractivity contribution in [3.05, 3.63) is 29.8 Å². The molecule has 0 amide bonds. The summed E-state index contributed by atoms with van der Waals surface area (Å²) < 4.78 is 5.71. The summed E-state index contributed by atoms with van der Waals surface area (Å²) in [4.78, 5) is 2.47. The molecule has 0 aromatic heterocycles. The average Bonchev–Trinajstić information content (AvgIpc) is 2.41. The van der Waals surface area contributed by atoms with E-state index >= 15 is 0 Å². The number of benzene rings is 1. The van der Waals surface area contributed by atoms with Crippen LogP contribution in [0.2, 0.25) is 0 Å². The molecule has 1 aliphatic rings. The van der Waals surface area contributed by atoms with Gasteiger partial charge in [-0.1, -0.05) is 18.6 Å². The second kappa shape index (κ2) is 6.42. The predicted molar refractivity (Wildman–Crippen MR) is 71.5 cm³/mol. The highest BCUT2D eigenvalue weighted by molar-refractivity contribution is 5.42. The van der Waals surface area contributed by atoms with Crippen LogP contribution in [0.3, 0.4) is 0 Å². The maximum atomic E-state index is 8.97. The third-order valence-corrected chi connectivity index (χ3v) is 3.58. The molecular formula is C15H20N2O. The lowest BCUT2D eigenvalue weighted by Gasteiger charge is -2.33. The number of likely N-dealkylation sites (tertiary alicyclic amines) is 1. The Kier molecular flexibility index (Phi) is 4.60. The molecular weight excluding hydrogens is 224 g/mol. The highest BCUT2D eigenvalue weighted by Crippen LogP contribution is 2.18. The Morgan fingerprint density at radius 1 is 1.39 bits per heavy atom. The average molecular weight is 244 g/mol. The number of para-hydroxylation sites is 1. The molecule has 0 aliphatic carbocycles. The van der Waals surface area contributed by atoms with E-state index in [2.05, 4.69) is 17.9 Å². The largest absolute Gasteiger partial charge is 0.491 e. The molecule has 1 heterocycles. The van der Waals surface area contributed by atoms with Gasteiger partial charge in [-0.2, -0.15) is 5.26 Å². The van der Waals surface area contributed by atoms with Crippen molar-refractivity contribution in [3.63, 3.8) is 0 Å². The normalized spacial score (nSPS) is 20.3. The van der Waals surface area contributed by atoms with Crippen LogP contribution in [0.5, 0.6) is 5.75 Å². The number of hydrogen-bond acceptors (Lipinski definition) is 3. The Morgan fingerprint density at radius 2 is 2.22 bits per heavy atom.